The third kappa shape index (κ3) is 6.10. The van der Waals surface area contributed by atoms with Gasteiger partial charge in [-0.05, 0) is 49.1 Å². The number of benzene rings is 2. The number of nitrogens with one attached hydrogen (secondary N) is 3. The van der Waals surface area contributed by atoms with E-state index >= 15 is 0 Å². The van der Waals surface area contributed by atoms with E-state index in [1.807, 2.05) is 24.3 Å². The van der Waals surface area contributed by atoms with Crippen molar-refractivity contribution in [2.75, 3.05) is 38.6 Å². The average Bonchev–Trinajstić information content (AvgIpc) is 3.19. The molecule has 1 unspecified atom stereocenters. The molecular weight excluding hydrogens is 489 g/mol. The van der Waals surface area contributed by atoms with E-state index in [9.17, 15) is 4.79 Å². The maximum absolute atomic E-state index is 11.8. The van der Waals surface area contributed by atoms with E-state index in [0.29, 0.717) is 11.6 Å². The summed E-state index contributed by atoms with van der Waals surface area (Å²) in [5.41, 5.74) is 4.59. The van der Waals surface area contributed by atoms with E-state index in [2.05, 4.69) is 57.0 Å². The zero-order chi connectivity index (χ0) is 20.6. The third-order valence-electron chi connectivity index (χ3n) is 5.37. The number of carbonyl (C=O) groups is 1. The number of hydrogen-bond donors (Lipinski definition) is 3. The number of aliphatic imine (C=N–C) groups is 1. The molecule has 1 amide bonds. The van der Waals surface area contributed by atoms with E-state index in [4.69, 9.17) is 0 Å². The highest BCUT2D eigenvalue weighted by molar-refractivity contribution is 14.0. The summed E-state index contributed by atoms with van der Waals surface area (Å²) in [6.07, 6.45) is 1.93. The van der Waals surface area contributed by atoms with E-state index in [1.165, 1.54) is 11.3 Å². The van der Waals surface area contributed by atoms with Gasteiger partial charge >= 0.3 is 0 Å². The molecule has 0 aliphatic carbocycles. The molecular formula is C23H32IN5O. The Labute approximate surface area is 196 Å². The van der Waals surface area contributed by atoms with Crippen molar-refractivity contribution in [2.45, 2.75) is 25.8 Å². The molecule has 2 aromatic carbocycles. The minimum atomic E-state index is -0.0604. The van der Waals surface area contributed by atoms with Gasteiger partial charge in [-0.1, -0.05) is 30.3 Å². The lowest BCUT2D eigenvalue weighted by molar-refractivity contribution is 0.0963. The van der Waals surface area contributed by atoms with Gasteiger partial charge in [0.15, 0.2) is 5.96 Å². The van der Waals surface area contributed by atoms with Crippen LogP contribution in [0.2, 0.25) is 0 Å². The van der Waals surface area contributed by atoms with Gasteiger partial charge in [-0.2, -0.15) is 0 Å². The van der Waals surface area contributed by atoms with E-state index < -0.39 is 0 Å². The second kappa shape index (κ2) is 11.8. The number of carbonyl (C=O) groups excluding carboxylic acids is 1. The quantitative estimate of drug-likeness (QED) is 0.298. The largest absolute Gasteiger partial charge is 0.366 e. The fourth-order valence-electron chi connectivity index (χ4n) is 3.73. The predicted molar refractivity (Wildman–Crippen MR) is 135 cm³/mol. The molecule has 0 saturated carbocycles. The summed E-state index contributed by atoms with van der Waals surface area (Å²) in [7, 11) is 3.44. The van der Waals surface area contributed by atoms with Crippen LogP contribution in [0.15, 0.2) is 53.5 Å². The lowest BCUT2D eigenvalue weighted by atomic mass is 10.1. The highest BCUT2D eigenvalue weighted by Gasteiger charge is 2.22. The molecule has 0 radical (unpaired) electrons. The Morgan fingerprint density at radius 1 is 1.17 bits per heavy atom. The SMILES string of the molecule is CN=C(NCCc1cccc(C(=O)NC)c1)NCC(C)N1CCc2ccccc21.I. The zero-order valence-electron chi connectivity index (χ0n) is 17.9. The third-order valence-corrected chi connectivity index (χ3v) is 5.37. The van der Waals surface area contributed by atoms with Crippen molar-refractivity contribution in [3.05, 3.63) is 65.2 Å². The first-order valence-electron chi connectivity index (χ1n) is 10.2. The van der Waals surface area contributed by atoms with Crippen LogP contribution in [-0.4, -0.2) is 51.6 Å². The molecule has 1 atom stereocenters. The molecule has 0 bridgehead atoms. The van der Waals surface area contributed by atoms with Crippen molar-refractivity contribution in [3.8, 4) is 0 Å². The number of para-hydroxylation sites is 1. The molecule has 2 aromatic rings. The van der Waals surface area contributed by atoms with Gasteiger partial charge in [-0.3, -0.25) is 9.79 Å². The Hall–Kier alpha value is -2.29. The van der Waals surface area contributed by atoms with Crippen LogP contribution >= 0.6 is 24.0 Å². The van der Waals surface area contributed by atoms with E-state index in [-0.39, 0.29) is 29.9 Å². The number of anilines is 1. The Morgan fingerprint density at radius 3 is 2.73 bits per heavy atom. The molecule has 7 heteroatoms. The summed E-state index contributed by atoms with van der Waals surface area (Å²) in [6.45, 7) is 4.88. The molecule has 0 fully saturated rings. The van der Waals surface area contributed by atoms with Gasteiger partial charge < -0.3 is 20.9 Å². The predicted octanol–water partition coefficient (Wildman–Crippen LogP) is 2.82. The Kier molecular flexibility index (Phi) is 9.42. The maximum Gasteiger partial charge on any atom is 0.251 e. The molecule has 3 N–H and O–H groups in total. The van der Waals surface area contributed by atoms with E-state index in [0.717, 1.165) is 44.0 Å². The standard InChI is InChI=1S/C23H31N5O.HI/c1-17(28-14-12-19-8-4-5-10-21(19)28)16-27-23(25-3)26-13-11-18-7-6-9-20(15-18)22(29)24-2;/h4-10,15,17H,11-14,16H2,1-3H3,(H,24,29)(H2,25,26,27);1H. The van der Waals surface area contributed by atoms with Crippen LogP contribution in [0.1, 0.15) is 28.4 Å². The maximum atomic E-state index is 11.8. The van der Waals surface area contributed by atoms with Crippen LogP contribution in [-0.2, 0) is 12.8 Å². The molecule has 0 saturated heterocycles. The molecule has 162 valence electrons. The Bertz CT molecular complexity index is 870. The number of hydrogen-bond acceptors (Lipinski definition) is 3. The first-order chi connectivity index (χ1) is 14.1. The van der Waals surface area contributed by atoms with Gasteiger partial charge in [0.25, 0.3) is 5.91 Å². The van der Waals surface area contributed by atoms with Gasteiger partial charge in [0, 0.05) is 51.0 Å². The van der Waals surface area contributed by atoms with Crippen molar-refractivity contribution < 1.29 is 4.79 Å². The molecule has 30 heavy (non-hydrogen) atoms. The van der Waals surface area contributed by atoms with Gasteiger partial charge in [0.1, 0.15) is 0 Å². The van der Waals surface area contributed by atoms with Gasteiger partial charge in [0.2, 0.25) is 0 Å². The smallest absolute Gasteiger partial charge is 0.251 e. The second-order valence-corrected chi connectivity index (χ2v) is 7.33. The topological polar surface area (TPSA) is 68.8 Å². The fraction of sp³-hybridized carbons (Fsp3) is 0.391. The molecule has 0 spiro atoms. The van der Waals surface area contributed by atoms with Gasteiger partial charge in [0.05, 0.1) is 0 Å². The summed E-state index contributed by atoms with van der Waals surface area (Å²) >= 11 is 0. The summed E-state index contributed by atoms with van der Waals surface area (Å²) < 4.78 is 0. The lowest BCUT2D eigenvalue weighted by Crippen LogP contribution is -2.46. The summed E-state index contributed by atoms with van der Waals surface area (Å²) in [5, 5.41) is 9.46. The Balaban J connectivity index is 0.00000320. The lowest BCUT2D eigenvalue weighted by Gasteiger charge is -2.28. The van der Waals surface area contributed by atoms with Crippen molar-refractivity contribution in [1.29, 1.82) is 0 Å². The first kappa shape index (κ1) is 24.0. The highest BCUT2D eigenvalue weighted by atomic mass is 127. The van der Waals surface area contributed by atoms with Crippen LogP contribution in [0, 0.1) is 0 Å². The first-order valence-corrected chi connectivity index (χ1v) is 10.2. The number of fused-ring (bicyclic) bond motifs is 1. The summed E-state index contributed by atoms with van der Waals surface area (Å²) in [5.74, 6) is 0.738. The van der Waals surface area contributed by atoms with Crippen LogP contribution < -0.4 is 20.9 Å². The Morgan fingerprint density at radius 2 is 1.97 bits per heavy atom. The molecule has 6 nitrogen and oxygen atoms in total. The number of rotatable bonds is 7. The normalized spacial score (nSPS) is 13.8. The number of guanidine groups is 1. The minimum absolute atomic E-state index is 0. The fourth-order valence-corrected chi connectivity index (χ4v) is 3.73. The van der Waals surface area contributed by atoms with Crippen molar-refractivity contribution >= 4 is 41.5 Å². The number of halogens is 1. The van der Waals surface area contributed by atoms with Crippen molar-refractivity contribution in [2.24, 2.45) is 4.99 Å². The number of nitrogens with zero attached hydrogens (tertiary/aromatic N) is 2. The summed E-state index contributed by atoms with van der Waals surface area (Å²) in [4.78, 5) is 18.6. The summed E-state index contributed by atoms with van der Waals surface area (Å²) in [6, 6.07) is 16.7. The molecule has 1 heterocycles. The van der Waals surface area contributed by atoms with Crippen LogP contribution in [0.25, 0.3) is 0 Å². The molecule has 1 aliphatic rings. The van der Waals surface area contributed by atoms with Crippen molar-refractivity contribution in [1.82, 2.24) is 16.0 Å². The van der Waals surface area contributed by atoms with Crippen molar-refractivity contribution in [3.63, 3.8) is 0 Å². The second-order valence-electron chi connectivity index (χ2n) is 7.33. The molecule has 0 aromatic heterocycles. The van der Waals surface area contributed by atoms with Gasteiger partial charge in [-0.15, -0.1) is 24.0 Å². The minimum Gasteiger partial charge on any atom is -0.366 e. The molecule has 3 rings (SSSR count). The van der Waals surface area contributed by atoms with Crippen LogP contribution in [0.5, 0.6) is 0 Å². The van der Waals surface area contributed by atoms with Crippen LogP contribution in [0.4, 0.5) is 5.69 Å². The average molecular weight is 521 g/mol. The highest BCUT2D eigenvalue weighted by Crippen LogP contribution is 2.28. The van der Waals surface area contributed by atoms with Gasteiger partial charge in [-0.25, -0.2) is 0 Å². The number of amides is 1. The molecule has 1 aliphatic heterocycles. The van der Waals surface area contributed by atoms with Crippen LogP contribution in [0.3, 0.4) is 0 Å². The monoisotopic (exact) mass is 521 g/mol. The van der Waals surface area contributed by atoms with E-state index in [1.54, 1.807) is 14.1 Å². The zero-order valence-corrected chi connectivity index (χ0v) is 20.3.